The molecule has 3 heteroatoms. The van der Waals surface area contributed by atoms with Gasteiger partial charge in [-0.1, -0.05) is 200 Å². The van der Waals surface area contributed by atoms with Gasteiger partial charge in [0.05, 0.1) is 16.8 Å². The van der Waals surface area contributed by atoms with Crippen LogP contribution < -0.4 is 4.74 Å². The molecule has 0 aliphatic carbocycles. The predicted molar refractivity (Wildman–Crippen MR) is 228 cm³/mol. The predicted octanol–water partition coefficient (Wildman–Crippen LogP) is 13.3. The van der Waals surface area contributed by atoms with E-state index in [2.05, 4.69) is 194 Å². The molecule has 0 saturated carbocycles. The van der Waals surface area contributed by atoms with E-state index in [4.69, 9.17) is 14.7 Å². The first-order chi connectivity index (χ1) is 27.8. The van der Waals surface area contributed by atoms with Gasteiger partial charge in [-0.05, 0) is 51.6 Å². The highest BCUT2D eigenvalue weighted by Crippen LogP contribution is 2.55. The number of nitrogens with zero attached hydrogens (tertiary/aromatic N) is 2. The van der Waals surface area contributed by atoms with Gasteiger partial charge < -0.3 is 4.74 Å². The maximum absolute atomic E-state index is 6.53. The Morgan fingerprint density at radius 2 is 0.732 bits per heavy atom. The second-order valence-corrected chi connectivity index (χ2v) is 14.1. The molecule has 0 fully saturated rings. The van der Waals surface area contributed by atoms with Crippen molar-refractivity contribution >= 4 is 0 Å². The number of benzene rings is 8. The van der Waals surface area contributed by atoms with Crippen LogP contribution in [0.4, 0.5) is 0 Å². The van der Waals surface area contributed by atoms with Gasteiger partial charge in [-0.15, -0.1) is 0 Å². The van der Waals surface area contributed by atoms with Crippen LogP contribution in [0.1, 0.15) is 22.3 Å². The smallest absolute Gasteiger partial charge is 0.161 e. The first kappa shape index (κ1) is 33.2. The summed E-state index contributed by atoms with van der Waals surface area (Å²) < 4.78 is 6.53. The van der Waals surface area contributed by atoms with Crippen molar-refractivity contribution in [3.8, 4) is 67.7 Å². The van der Waals surface area contributed by atoms with Gasteiger partial charge in [-0.3, -0.25) is 0 Å². The lowest BCUT2D eigenvalue weighted by molar-refractivity contribution is 0.434. The van der Waals surface area contributed by atoms with Crippen LogP contribution in [0.3, 0.4) is 0 Å². The summed E-state index contributed by atoms with van der Waals surface area (Å²) in [4.78, 5) is 10.5. The Morgan fingerprint density at radius 1 is 0.321 bits per heavy atom. The number of aromatic nitrogens is 2. The largest absolute Gasteiger partial charge is 0.457 e. The number of ether oxygens (including phenoxy) is 1. The van der Waals surface area contributed by atoms with Crippen LogP contribution in [0.5, 0.6) is 11.5 Å². The molecule has 10 rings (SSSR count). The Morgan fingerprint density at radius 3 is 1.34 bits per heavy atom. The number of fused-ring (bicyclic) bond motifs is 2. The van der Waals surface area contributed by atoms with Gasteiger partial charge in [0, 0.05) is 27.8 Å². The van der Waals surface area contributed by atoms with E-state index in [1.54, 1.807) is 0 Å². The number of hydrogen-bond acceptors (Lipinski definition) is 3. The monoisotopic (exact) mass is 716 g/mol. The normalized spacial score (nSPS) is 12.6. The molecule has 8 aromatic carbocycles. The fourth-order valence-corrected chi connectivity index (χ4v) is 8.24. The zero-order chi connectivity index (χ0) is 37.3. The van der Waals surface area contributed by atoms with Gasteiger partial charge >= 0.3 is 0 Å². The minimum Gasteiger partial charge on any atom is -0.457 e. The molecule has 0 radical (unpaired) electrons. The van der Waals surface area contributed by atoms with E-state index in [-0.39, 0.29) is 0 Å². The van der Waals surface area contributed by atoms with Crippen LogP contribution in [-0.2, 0) is 5.41 Å². The second kappa shape index (κ2) is 14.1. The van der Waals surface area contributed by atoms with Crippen molar-refractivity contribution in [2.45, 2.75) is 5.41 Å². The Labute approximate surface area is 327 Å². The molecule has 0 bridgehead atoms. The van der Waals surface area contributed by atoms with Crippen LogP contribution in [0, 0.1) is 0 Å². The molecule has 9 aromatic rings. The van der Waals surface area contributed by atoms with E-state index in [9.17, 15) is 0 Å². The Hall–Kier alpha value is -7.36. The highest BCUT2D eigenvalue weighted by atomic mass is 16.5. The molecule has 0 N–H and O–H groups in total. The lowest BCUT2D eigenvalue weighted by atomic mass is 9.63. The van der Waals surface area contributed by atoms with Crippen molar-refractivity contribution < 1.29 is 4.74 Å². The van der Waals surface area contributed by atoms with Crippen molar-refractivity contribution in [1.82, 2.24) is 9.97 Å². The molecular formula is C53H36N2O. The maximum atomic E-state index is 6.53. The van der Waals surface area contributed by atoms with E-state index >= 15 is 0 Å². The summed E-state index contributed by atoms with van der Waals surface area (Å²) in [5.41, 5.74) is 13.3. The molecule has 1 aliphatic heterocycles. The fraction of sp³-hybridized carbons (Fsp3) is 0.0189. The number of hydrogen-bond donors (Lipinski definition) is 0. The maximum Gasteiger partial charge on any atom is 0.161 e. The quantitative estimate of drug-likeness (QED) is 0.165. The zero-order valence-electron chi connectivity index (χ0n) is 30.6. The van der Waals surface area contributed by atoms with E-state index < -0.39 is 5.41 Å². The summed E-state index contributed by atoms with van der Waals surface area (Å²) in [5.74, 6) is 2.41. The topological polar surface area (TPSA) is 35.0 Å². The molecule has 1 aliphatic rings. The van der Waals surface area contributed by atoms with Crippen molar-refractivity contribution in [3.63, 3.8) is 0 Å². The summed E-state index contributed by atoms with van der Waals surface area (Å²) in [6.45, 7) is 0. The average Bonchev–Trinajstić information content (AvgIpc) is 3.29. The van der Waals surface area contributed by atoms with Gasteiger partial charge in [0.1, 0.15) is 11.5 Å². The molecule has 0 spiro atoms. The van der Waals surface area contributed by atoms with Crippen molar-refractivity contribution in [3.05, 3.63) is 241 Å². The molecule has 3 nitrogen and oxygen atoms in total. The Balaban J connectivity index is 1.10. The molecule has 1 aromatic heterocycles. The molecule has 264 valence electrons. The highest BCUT2D eigenvalue weighted by Gasteiger charge is 2.45. The van der Waals surface area contributed by atoms with Crippen molar-refractivity contribution in [2.75, 3.05) is 0 Å². The summed E-state index contributed by atoms with van der Waals surface area (Å²) in [7, 11) is 0. The SMILES string of the molecule is c1ccc(-c2ccc(-c3cc(-c4ccccc4)nc(-c4ccccc4-c4ccc(C5(c6ccccc6)c6ccccc6Oc6ccccc65)cc4)n3)cc2)cc1. The number of para-hydroxylation sites is 2. The Kier molecular flexibility index (Phi) is 8.38. The van der Waals surface area contributed by atoms with E-state index in [1.807, 2.05) is 24.3 Å². The minimum atomic E-state index is -0.581. The zero-order valence-corrected chi connectivity index (χ0v) is 30.6. The number of rotatable bonds is 7. The summed E-state index contributed by atoms with van der Waals surface area (Å²) in [6.07, 6.45) is 0. The molecule has 0 saturated heterocycles. The molecule has 0 amide bonds. The summed E-state index contributed by atoms with van der Waals surface area (Å²) >= 11 is 0. The van der Waals surface area contributed by atoms with Gasteiger partial charge in [0.25, 0.3) is 0 Å². The fourth-order valence-electron chi connectivity index (χ4n) is 8.24. The van der Waals surface area contributed by atoms with Gasteiger partial charge in [-0.2, -0.15) is 0 Å². The van der Waals surface area contributed by atoms with Gasteiger partial charge in [-0.25, -0.2) is 9.97 Å². The molecule has 0 unspecified atom stereocenters. The third-order valence-electron chi connectivity index (χ3n) is 10.9. The standard InChI is InChI=1S/C53H36N2O/c1-4-16-37(17-5-1)38-28-30-41(31-29-38)49-36-48(40-18-6-2-7-19-40)54-52(55-49)45-23-11-10-22-44(45)39-32-34-43(35-33-39)53(42-20-8-3-9-21-42)46-24-12-14-26-50(46)56-51-27-15-13-25-47(51)53/h1-36H. The van der Waals surface area contributed by atoms with Crippen LogP contribution in [0.15, 0.2) is 218 Å². The van der Waals surface area contributed by atoms with Crippen LogP contribution in [-0.4, -0.2) is 9.97 Å². The van der Waals surface area contributed by atoms with E-state index in [0.29, 0.717) is 5.82 Å². The second-order valence-electron chi connectivity index (χ2n) is 14.1. The molecule has 0 atom stereocenters. The summed E-state index contributed by atoms with van der Waals surface area (Å²) in [5, 5.41) is 0. The third kappa shape index (κ3) is 5.78. The highest BCUT2D eigenvalue weighted by molar-refractivity contribution is 5.83. The van der Waals surface area contributed by atoms with E-state index in [1.165, 1.54) is 16.7 Å². The molecular weight excluding hydrogens is 681 g/mol. The molecule has 2 heterocycles. The summed E-state index contributed by atoms with van der Waals surface area (Å²) in [6, 6.07) is 76.7. The van der Waals surface area contributed by atoms with Gasteiger partial charge in [0.15, 0.2) is 5.82 Å². The van der Waals surface area contributed by atoms with E-state index in [0.717, 1.165) is 67.4 Å². The van der Waals surface area contributed by atoms with Crippen LogP contribution in [0.2, 0.25) is 0 Å². The van der Waals surface area contributed by atoms with Gasteiger partial charge in [0.2, 0.25) is 0 Å². The third-order valence-corrected chi connectivity index (χ3v) is 10.9. The first-order valence-corrected chi connectivity index (χ1v) is 19.0. The average molecular weight is 717 g/mol. The first-order valence-electron chi connectivity index (χ1n) is 19.0. The lowest BCUT2D eigenvalue weighted by Gasteiger charge is -2.41. The lowest BCUT2D eigenvalue weighted by Crippen LogP contribution is -2.34. The van der Waals surface area contributed by atoms with Crippen molar-refractivity contribution in [2.24, 2.45) is 0 Å². The van der Waals surface area contributed by atoms with Crippen LogP contribution >= 0.6 is 0 Å². The molecule has 56 heavy (non-hydrogen) atoms. The van der Waals surface area contributed by atoms with Crippen molar-refractivity contribution in [1.29, 1.82) is 0 Å². The van der Waals surface area contributed by atoms with Crippen LogP contribution in [0.25, 0.3) is 56.2 Å². The minimum absolute atomic E-state index is 0.581. The Bertz CT molecular complexity index is 2750.